The number of fused-ring (bicyclic) bond motifs is 4. The first kappa shape index (κ1) is 35.3. The number of hydrogen-bond acceptors (Lipinski definition) is 8. The second kappa shape index (κ2) is 14.4. The van der Waals surface area contributed by atoms with Gasteiger partial charge in [0.2, 0.25) is 0 Å². The number of anilines is 2. The van der Waals surface area contributed by atoms with Crippen molar-refractivity contribution in [3.05, 3.63) is 203 Å². The molecule has 0 radical (unpaired) electrons. The van der Waals surface area contributed by atoms with Gasteiger partial charge < -0.3 is 30.4 Å². The number of carbonyl (C=O) groups is 2. The highest BCUT2D eigenvalue weighted by Gasteiger charge is 2.28. The maximum absolute atomic E-state index is 14.3. The SMILES string of the molecule is Nc1cccc(Oc2ccc(C(=O)c3ccc(Cc4ccc(C(=O)c5ccc(Oc6cccc(N)c6)cc5)c5c4Oc4ccc-5cc4)c4c3-c3ccc(cc3)O4)cc2)c1. The van der Waals surface area contributed by atoms with Gasteiger partial charge in [-0.1, -0.05) is 48.5 Å². The summed E-state index contributed by atoms with van der Waals surface area (Å²) in [5.74, 6) is 4.61. The van der Waals surface area contributed by atoms with Crippen LogP contribution in [-0.4, -0.2) is 11.6 Å². The Balaban J connectivity index is 0.981. The average molecular weight is 771 g/mol. The first-order valence-electron chi connectivity index (χ1n) is 19.1. The van der Waals surface area contributed by atoms with E-state index in [1.54, 1.807) is 72.8 Å². The van der Waals surface area contributed by atoms with Gasteiger partial charge in [0.1, 0.15) is 46.0 Å². The fourth-order valence-electron chi connectivity index (χ4n) is 7.62. The van der Waals surface area contributed by atoms with Gasteiger partial charge in [-0.2, -0.15) is 0 Å². The van der Waals surface area contributed by atoms with Gasteiger partial charge in [-0.25, -0.2) is 0 Å². The van der Waals surface area contributed by atoms with Crippen LogP contribution in [0.15, 0.2) is 170 Å². The van der Waals surface area contributed by atoms with E-state index in [1.165, 1.54) is 0 Å². The number of benzene rings is 8. The second-order valence-electron chi connectivity index (χ2n) is 14.4. The molecule has 0 aromatic heterocycles. The molecule has 8 aromatic carbocycles. The number of rotatable bonds is 10. The Morgan fingerprint density at radius 1 is 0.441 bits per heavy atom. The highest BCUT2D eigenvalue weighted by atomic mass is 16.5. The molecular weight excluding hydrogens is 737 g/mol. The molecule has 0 spiro atoms. The minimum Gasteiger partial charge on any atom is -0.457 e. The van der Waals surface area contributed by atoms with Crippen molar-refractivity contribution in [2.24, 2.45) is 0 Å². The van der Waals surface area contributed by atoms with Gasteiger partial charge in [0, 0.05) is 63.3 Å². The fourth-order valence-corrected chi connectivity index (χ4v) is 7.62. The molecule has 59 heavy (non-hydrogen) atoms. The van der Waals surface area contributed by atoms with Crippen molar-refractivity contribution >= 4 is 22.9 Å². The van der Waals surface area contributed by atoms with Crippen LogP contribution in [0.2, 0.25) is 0 Å². The Bertz CT molecular complexity index is 2740. The lowest BCUT2D eigenvalue weighted by Gasteiger charge is -2.19. The highest BCUT2D eigenvalue weighted by molar-refractivity contribution is 6.15. The molecule has 4 N–H and O–H groups in total. The zero-order valence-corrected chi connectivity index (χ0v) is 31.5. The molecule has 0 fully saturated rings. The highest BCUT2D eigenvalue weighted by Crippen LogP contribution is 2.48. The molecular formula is C51H34N2O6. The minimum absolute atomic E-state index is 0.150. The Morgan fingerprint density at radius 2 is 0.847 bits per heavy atom. The van der Waals surface area contributed by atoms with Crippen LogP contribution in [0.25, 0.3) is 22.3 Å². The van der Waals surface area contributed by atoms with E-state index in [4.69, 9.17) is 30.4 Å². The quantitative estimate of drug-likeness (QED) is 0.104. The van der Waals surface area contributed by atoms with Crippen molar-refractivity contribution in [2.45, 2.75) is 6.42 Å². The maximum atomic E-state index is 14.3. The molecule has 8 aromatic rings. The van der Waals surface area contributed by atoms with E-state index in [0.717, 1.165) is 22.3 Å². The Hall–Kier alpha value is -8.10. The summed E-state index contributed by atoms with van der Waals surface area (Å²) in [6.07, 6.45) is 0.404. The molecule has 0 saturated carbocycles. The van der Waals surface area contributed by atoms with Gasteiger partial charge in [-0.3, -0.25) is 9.59 Å². The van der Waals surface area contributed by atoms with Gasteiger partial charge in [0.05, 0.1) is 0 Å². The van der Waals surface area contributed by atoms with E-state index < -0.39 is 0 Å². The summed E-state index contributed by atoms with van der Waals surface area (Å²) in [6.45, 7) is 0. The van der Waals surface area contributed by atoms with Crippen LogP contribution in [0.1, 0.15) is 43.0 Å². The molecule has 12 rings (SSSR count). The van der Waals surface area contributed by atoms with Crippen molar-refractivity contribution in [1.29, 1.82) is 0 Å². The van der Waals surface area contributed by atoms with E-state index in [1.807, 2.05) is 97.1 Å². The molecule has 4 aliphatic rings. The second-order valence-corrected chi connectivity index (χ2v) is 14.4. The van der Waals surface area contributed by atoms with Crippen molar-refractivity contribution in [3.63, 3.8) is 0 Å². The molecule has 0 saturated heterocycles. The van der Waals surface area contributed by atoms with E-state index in [9.17, 15) is 9.59 Å². The summed E-state index contributed by atoms with van der Waals surface area (Å²) < 4.78 is 25.1. The van der Waals surface area contributed by atoms with Gasteiger partial charge in [0.25, 0.3) is 0 Å². The third kappa shape index (κ3) is 6.79. The molecule has 4 aliphatic heterocycles. The first-order valence-corrected chi connectivity index (χ1v) is 19.1. The number of nitrogen functional groups attached to an aromatic ring is 2. The molecule has 8 nitrogen and oxygen atoms in total. The normalized spacial score (nSPS) is 11.7. The molecule has 8 heteroatoms. The minimum atomic E-state index is -0.150. The van der Waals surface area contributed by atoms with Crippen LogP contribution >= 0.6 is 0 Å². The lowest BCUT2D eigenvalue weighted by Crippen LogP contribution is -2.08. The van der Waals surface area contributed by atoms with Crippen LogP contribution in [0, 0.1) is 0 Å². The van der Waals surface area contributed by atoms with Crippen molar-refractivity contribution in [1.82, 2.24) is 0 Å². The largest absolute Gasteiger partial charge is 0.457 e. The number of nitrogens with two attached hydrogens (primary N) is 2. The maximum Gasteiger partial charge on any atom is 0.193 e. The lowest BCUT2D eigenvalue weighted by molar-refractivity contribution is 0.103. The summed E-state index contributed by atoms with van der Waals surface area (Å²) in [6, 6.07) is 51.6. The van der Waals surface area contributed by atoms with E-state index >= 15 is 0 Å². The van der Waals surface area contributed by atoms with E-state index in [-0.39, 0.29) is 11.6 Å². The summed E-state index contributed by atoms with van der Waals surface area (Å²) in [7, 11) is 0. The average Bonchev–Trinajstić information content (AvgIpc) is 3.72. The summed E-state index contributed by atoms with van der Waals surface area (Å²) in [5, 5.41) is 0. The van der Waals surface area contributed by atoms with E-state index in [2.05, 4.69) is 0 Å². The zero-order valence-electron chi connectivity index (χ0n) is 31.5. The summed E-state index contributed by atoms with van der Waals surface area (Å²) in [5.41, 5.74) is 19.9. The van der Waals surface area contributed by atoms with Crippen molar-refractivity contribution < 1.29 is 28.5 Å². The Kier molecular flexibility index (Phi) is 8.65. The summed E-state index contributed by atoms with van der Waals surface area (Å²) >= 11 is 0. The molecule has 0 atom stereocenters. The Morgan fingerprint density at radius 3 is 1.24 bits per heavy atom. The standard InChI is InChI=1S/C51H34N2O6/c52-36-3-1-5-42(28-36)56-38-21-11-32(12-22-38)48(54)44-25-15-34(50-46(44)30-7-17-40(58-50)18-8-30)27-35-16-26-45(47-31-9-19-41(20-10-31)59-51(35)47)49(55)33-13-23-39(24-14-33)57-43-6-2-4-37(53)29-43/h1-26,28-29H,27,52-53H2. The van der Waals surface area contributed by atoms with Crippen molar-refractivity contribution in [3.8, 4) is 68.2 Å². The first-order chi connectivity index (χ1) is 28.8. The molecule has 4 bridgehead atoms. The van der Waals surface area contributed by atoms with Gasteiger partial charge in [0.15, 0.2) is 11.6 Å². The van der Waals surface area contributed by atoms with Gasteiger partial charge >= 0.3 is 0 Å². The number of ether oxygens (including phenoxy) is 4. The summed E-state index contributed by atoms with van der Waals surface area (Å²) in [4.78, 5) is 28.5. The van der Waals surface area contributed by atoms with Gasteiger partial charge in [-0.05, 0) is 131 Å². The predicted octanol–water partition coefficient (Wildman–Crippen LogP) is 12.0. The number of hydrogen-bond donors (Lipinski definition) is 2. The lowest BCUT2D eigenvalue weighted by atomic mass is 9.88. The van der Waals surface area contributed by atoms with Crippen LogP contribution in [-0.2, 0) is 6.42 Å². The zero-order chi connectivity index (χ0) is 40.0. The van der Waals surface area contributed by atoms with Crippen LogP contribution in [0.5, 0.6) is 46.0 Å². The molecule has 0 amide bonds. The predicted molar refractivity (Wildman–Crippen MR) is 228 cm³/mol. The smallest absolute Gasteiger partial charge is 0.193 e. The number of ketones is 2. The van der Waals surface area contributed by atoms with Crippen LogP contribution < -0.4 is 30.4 Å². The third-order valence-corrected chi connectivity index (χ3v) is 10.5. The van der Waals surface area contributed by atoms with Crippen molar-refractivity contribution in [2.75, 3.05) is 11.5 Å². The monoisotopic (exact) mass is 770 g/mol. The topological polar surface area (TPSA) is 123 Å². The third-order valence-electron chi connectivity index (χ3n) is 10.5. The fraction of sp³-hybridized carbons (Fsp3) is 0.0196. The van der Waals surface area contributed by atoms with E-state index in [0.29, 0.717) is 97.2 Å². The molecule has 4 heterocycles. The van der Waals surface area contributed by atoms with Gasteiger partial charge in [-0.15, -0.1) is 0 Å². The van der Waals surface area contributed by atoms with Crippen LogP contribution in [0.3, 0.4) is 0 Å². The Labute approximate surface area is 339 Å². The molecule has 0 aliphatic carbocycles. The van der Waals surface area contributed by atoms with Crippen LogP contribution in [0.4, 0.5) is 11.4 Å². The number of carbonyl (C=O) groups excluding carboxylic acids is 2. The molecule has 0 unspecified atom stereocenters. The molecule has 284 valence electrons.